The quantitative estimate of drug-likeness (QED) is 0.622. The number of nitrogens with one attached hydrogen (secondary N) is 2. The van der Waals surface area contributed by atoms with Crippen molar-refractivity contribution in [1.29, 1.82) is 0 Å². The Kier molecular flexibility index (Phi) is 7.32. The Balaban J connectivity index is 1.84. The minimum Gasteiger partial charge on any atom is -0.340 e. The molecule has 0 spiro atoms. The van der Waals surface area contributed by atoms with Crippen molar-refractivity contribution in [1.82, 2.24) is 15.5 Å². The van der Waals surface area contributed by atoms with Gasteiger partial charge in [0.1, 0.15) is 11.0 Å². The first-order chi connectivity index (χ1) is 11.5. The monoisotopic (exact) mass is 430 g/mol. The molecule has 0 aromatic carbocycles. The van der Waals surface area contributed by atoms with Gasteiger partial charge in [0.15, 0.2) is 0 Å². The number of hydrogen-bond donors (Lipinski definition) is 2. The zero-order valence-electron chi connectivity index (χ0n) is 13.5. The van der Waals surface area contributed by atoms with Crippen LogP contribution in [0.5, 0.6) is 0 Å². The zero-order chi connectivity index (χ0) is 17.5. The number of anilines is 1. The van der Waals surface area contributed by atoms with Crippen molar-refractivity contribution in [3.8, 4) is 0 Å². The summed E-state index contributed by atoms with van der Waals surface area (Å²) >= 11 is 6.01. The molecule has 6 nitrogen and oxygen atoms in total. The minimum atomic E-state index is -0.661. The van der Waals surface area contributed by atoms with Gasteiger partial charge in [0.05, 0.1) is 8.66 Å². The molecular formula is C15H19BrN4O2S2. The maximum Gasteiger partial charge on any atom is 0.262 e. The van der Waals surface area contributed by atoms with Crippen molar-refractivity contribution in [3.05, 3.63) is 25.8 Å². The lowest BCUT2D eigenvalue weighted by atomic mass is 10.2. The number of hydrogen-bond acceptors (Lipinski definition) is 6. The van der Waals surface area contributed by atoms with Gasteiger partial charge in [-0.3, -0.25) is 14.9 Å². The Morgan fingerprint density at radius 1 is 1.25 bits per heavy atom. The largest absolute Gasteiger partial charge is 0.340 e. The van der Waals surface area contributed by atoms with Crippen molar-refractivity contribution in [2.24, 2.45) is 0 Å². The van der Waals surface area contributed by atoms with E-state index in [2.05, 4.69) is 43.7 Å². The molecule has 0 aliphatic carbocycles. The number of aryl methyl sites for hydroxylation is 1. The van der Waals surface area contributed by atoms with E-state index >= 15 is 0 Å². The third-order valence-electron chi connectivity index (χ3n) is 3.23. The average molecular weight is 431 g/mol. The average Bonchev–Trinajstić information content (AvgIpc) is 3.16. The second kappa shape index (κ2) is 9.24. The van der Waals surface area contributed by atoms with E-state index in [-0.39, 0.29) is 11.8 Å². The van der Waals surface area contributed by atoms with E-state index in [1.807, 2.05) is 0 Å². The number of halogens is 1. The first kappa shape index (κ1) is 19.0. The van der Waals surface area contributed by atoms with E-state index in [4.69, 9.17) is 0 Å². The SMILES string of the molecule is CCCCCc1nnc(NC(=O)C(C)NC(=O)c2ccc(Br)s2)s1. The molecule has 2 heterocycles. The number of unbranched alkanes of at least 4 members (excludes halogenated alkanes) is 2. The predicted molar refractivity (Wildman–Crippen MR) is 101 cm³/mol. The van der Waals surface area contributed by atoms with Gasteiger partial charge in [-0.05, 0) is 41.4 Å². The molecule has 0 aliphatic rings. The molecule has 2 amide bonds. The molecule has 0 saturated heterocycles. The third-order valence-corrected chi connectivity index (χ3v) is 5.75. The molecule has 1 atom stereocenters. The van der Waals surface area contributed by atoms with Crippen LogP contribution in [0.4, 0.5) is 5.13 Å². The Bertz CT molecular complexity index is 701. The summed E-state index contributed by atoms with van der Waals surface area (Å²) in [6, 6.07) is 2.85. The summed E-state index contributed by atoms with van der Waals surface area (Å²) < 4.78 is 0.870. The molecule has 2 N–H and O–H groups in total. The number of carbonyl (C=O) groups excluding carboxylic acids is 2. The standard InChI is InChI=1S/C15H19BrN4O2S2/c1-3-4-5-6-12-19-20-15(24-12)18-13(21)9(2)17-14(22)10-7-8-11(16)23-10/h7-9H,3-6H2,1-2H3,(H,17,22)(H,18,20,21). The maximum atomic E-state index is 12.2. The molecule has 24 heavy (non-hydrogen) atoms. The lowest BCUT2D eigenvalue weighted by Gasteiger charge is -2.11. The summed E-state index contributed by atoms with van der Waals surface area (Å²) in [5.74, 6) is -0.582. The van der Waals surface area contributed by atoms with Crippen LogP contribution in [-0.2, 0) is 11.2 Å². The number of thiophene rings is 1. The predicted octanol–water partition coefficient (Wildman–Crippen LogP) is 3.85. The summed E-state index contributed by atoms with van der Waals surface area (Å²) in [5, 5.41) is 14.8. The van der Waals surface area contributed by atoms with Crippen LogP contribution in [0.15, 0.2) is 15.9 Å². The van der Waals surface area contributed by atoms with E-state index in [0.717, 1.165) is 34.5 Å². The zero-order valence-corrected chi connectivity index (χ0v) is 16.7. The highest BCUT2D eigenvalue weighted by Gasteiger charge is 2.19. The van der Waals surface area contributed by atoms with Crippen molar-refractivity contribution in [2.75, 3.05) is 5.32 Å². The van der Waals surface area contributed by atoms with Crippen molar-refractivity contribution in [2.45, 2.75) is 45.6 Å². The van der Waals surface area contributed by atoms with Gasteiger partial charge in [-0.1, -0.05) is 31.1 Å². The Labute approximate surface area is 157 Å². The number of rotatable bonds is 8. The van der Waals surface area contributed by atoms with E-state index in [1.165, 1.54) is 22.7 Å². The van der Waals surface area contributed by atoms with Gasteiger partial charge in [0.2, 0.25) is 11.0 Å². The molecule has 1 unspecified atom stereocenters. The normalized spacial score (nSPS) is 12.0. The first-order valence-corrected chi connectivity index (χ1v) is 10.1. The molecule has 0 aliphatic heterocycles. The smallest absolute Gasteiger partial charge is 0.262 e. The highest BCUT2D eigenvalue weighted by Crippen LogP contribution is 2.22. The topological polar surface area (TPSA) is 84.0 Å². The van der Waals surface area contributed by atoms with Crippen LogP contribution in [0.2, 0.25) is 0 Å². The molecule has 2 aromatic heterocycles. The fourth-order valence-electron chi connectivity index (χ4n) is 1.91. The van der Waals surface area contributed by atoms with Gasteiger partial charge >= 0.3 is 0 Å². The lowest BCUT2D eigenvalue weighted by molar-refractivity contribution is -0.117. The van der Waals surface area contributed by atoms with E-state index in [9.17, 15) is 9.59 Å². The van der Waals surface area contributed by atoms with Crippen LogP contribution in [0, 0.1) is 0 Å². The van der Waals surface area contributed by atoms with Gasteiger partial charge in [0.25, 0.3) is 5.91 Å². The third kappa shape index (κ3) is 5.64. The molecule has 0 radical (unpaired) electrons. The maximum absolute atomic E-state index is 12.2. The number of aromatic nitrogens is 2. The number of amides is 2. The Morgan fingerprint density at radius 2 is 2.04 bits per heavy atom. The van der Waals surface area contributed by atoms with E-state index < -0.39 is 6.04 Å². The van der Waals surface area contributed by atoms with Crippen LogP contribution < -0.4 is 10.6 Å². The molecule has 0 bridgehead atoms. The van der Waals surface area contributed by atoms with Gasteiger partial charge in [-0.25, -0.2) is 0 Å². The van der Waals surface area contributed by atoms with Crippen LogP contribution in [0.25, 0.3) is 0 Å². The lowest BCUT2D eigenvalue weighted by Crippen LogP contribution is -2.41. The molecule has 0 fully saturated rings. The van der Waals surface area contributed by atoms with Crippen LogP contribution >= 0.6 is 38.6 Å². The number of carbonyl (C=O) groups is 2. The van der Waals surface area contributed by atoms with Gasteiger partial charge in [-0.2, -0.15) is 0 Å². The molecule has 2 rings (SSSR count). The van der Waals surface area contributed by atoms with Crippen molar-refractivity contribution < 1.29 is 9.59 Å². The summed E-state index contributed by atoms with van der Waals surface area (Å²) in [7, 11) is 0. The van der Waals surface area contributed by atoms with Gasteiger partial charge in [0, 0.05) is 6.42 Å². The first-order valence-electron chi connectivity index (χ1n) is 7.69. The van der Waals surface area contributed by atoms with Crippen LogP contribution in [-0.4, -0.2) is 28.1 Å². The fraction of sp³-hybridized carbons (Fsp3) is 0.467. The summed E-state index contributed by atoms with van der Waals surface area (Å²) in [6.45, 7) is 3.79. The summed E-state index contributed by atoms with van der Waals surface area (Å²) in [6.07, 6.45) is 4.26. The second-order valence-corrected chi connectivity index (χ2v) is 8.77. The Hall–Kier alpha value is -1.32. The Morgan fingerprint density at radius 3 is 2.71 bits per heavy atom. The number of nitrogens with zero attached hydrogens (tertiary/aromatic N) is 2. The minimum absolute atomic E-state index is 0.272. The molecule has 130 valence electrons. The van der Waals surface area contributed by atoms with Crippen LogP contribution in [0.3, 0.4) is 0 Å². The van der Waals surface area contributed by atoms with Gasteiger partial charge in [-0.15, -0.1) is 21.5 Å². The highest BCUT2D eigenvalue weighted by molar-refractivity contribution is 9.11. The van der Waals surface area contributed by atoms with Crippen molar-refractivity contribution in [3.63, 3.8) is 0 Å². The molecule has 2 aromatic rings. The van der Waals surface area contributed by atoms with Crippen LogP contribution in [0.1, 0.15) is 47.8 Å². The molecule has 9 heteroatoms. The highest BCUT2D eigenvalue weighted by atomic mass is 79.9. The van der Waals surface area contributed by atoms with E-state index in [0.29, 0.717) is 10.0 Å². The molecular weight excluding hydrogens is 412 g/mol. The van der Waals surface area contributed by atoms with E-state index in [1.54, 1.807) is 19.1 Å². The fourth-order valence-corrected chi connectivity index (χ4v) is 3.99. The summed E-state index contributed by atoms with van der Waals surface area (Å²) in [5.41, 5.74) is 0. The van der Waals surface area contributed by atoms with Crippen molar-refractivity contribution >= 4 is 55.5 Å². The summed E-state index contributed by atoms with van der Waals surface area (Å²) in [4.78, 5) is 24.8. The molecule has 0 saturated carbocycles. The second-order valence-electron chi connectivity index (χ2n) is 5.25. The van der Waals surface area contributed by atoms with Gasteiger partial charge < -0.3 is 5.32 Å².